The van der Waals surface area contributed by atoms with Crippen LogP contribution in [0.5, 0.6) is 5.75 Å². The number of hydrogen-bond acceptors (Lipinski definition) is 5. The molecule has 0 saturated heterocycles. The van der Waals surface area contributed by atoms with Crippen molar-refractivity contribution < 1.29 is 4.74 Å². The van der Waals surface area contributed by atoms with E-state index in [4.69, 9.17) is 27.8 Å². The van der Waals surface area contributed by atoms with Gasteiger partial charge in [-0.2, -0.15) is 0 Å². The molecule has 0 amide bonds. The van der Waals surface area contributed by atoms with Gasteiger partial charge in [-0.3, -0.25) is 9.36 Å². The van der Waals surface area contributed by atoms with Gasteiger partial charge in [0.25, 0.3) is 5.56 Å². The molecule has 4 N–H and O–H groups in total. The van der Waals surface area contributed by atoms with Gasteiger partial charge in [-0.15, -0.1) is 0 Å². The summed E-state index contributed by atoms with van der Waals surface area (Å²) in [4.78, 5) is 23.8. The van der Waals surface area contributed by atoms with E-state index in [-0.39, 0.29) is 16.5 Å². The van der Waals surface area contributed by atoms with E-state index in [0.717, 1.165) is 9.13 Å². The molecule has 0 aliphatic heterocycles. The van der Waals surface area contributed by atoms with Crippen molar-refractivity contribution in [1.29, 1.82) is 0 Å². The summed E-state index contributed by atoms with van der Waals surface area (Å²) >= 11 is 6.11. The van der Waals surface area contributed by atoms with Crippen molar-refractivity contribution in [3.05, 3.63) is 44.1 Å². The smallest absolute Gasteiger partial charge is 0.337 e. The number of methoxy groups -OCH3 is 1. The summed E-state index contributed by atoms with van der Waals surface area (Å²) in [5, 5.41) is 0.246. The third-order valence-electron chi connectivity index (χ3n) is 2.93. The van der Waals surface area contributed by atoms with Gasteiger partial charge in [0.1, 0.15) is 17.3 Å². The number of hydrogen-bond donors (Lipinski definition) is 2. The summed E-state index contributed by atoms with van der Waals surface area (Å²) < 4.78 is 6.98. The van der Waals surface area contributed by atoms with Crippen molar-refractivity contribution >= 4 is 23.1 Å². The first-order valence-corrected chi connectivity index (χ1v) is 5.97. The molecule has 0 aliphatic carbocycles. The SMILES string of the molecule is COc1ccc(-n2c(N)c(N)c(=O)n(C)c2=O)c(Cl)c1. The number of ether oxygens (including phenoxy) is 1. The Labute approximate surface area is 118 Å². The zero-order valence-corrected chi connectivity index (χ0v) is 11.6. The van der Waals surface area contributed by atoms with Crippen LogP contribution in [0.4, 0.5) is 11.5 Å². The second-order valence-corrected chi connectivity index (χ2v) is 4.51. The highest BCUT2D eigenvalue weighted by Gasteiger charge is 2.16. The van der Waals surface area contributed by atoms with Crippen molar-refractivity contribution in [2.45, 2.75) is 0 Å². The first-order valence-electron chi connectivity index (χ1n) is 5.59. The number of nitrogens with zero attached hydrogens (tertiary/aromatic N) is 2. The highest BCUT2D eigenvalue weighted by atomic mass is 35.5. The minimum atomic E-state index is -0.645. The van der Waals surface area contributed by atoms with E-state index in [1.807, 2.05) is 0 Å². The molecule has 1 aromatic carbocycles. The maximum Gasteiger partial charge on any atom is 0.337 e. The van der Waals surface area contributed by atoms with Crippen LogP contribution >= 0.6 is 11.6 Å². The van der Waals surface area contributed by atoms with E-state index in [2.05, 4.69) is 0 Å². The van der Waals surface area contributed by atoms with Gasteiger partial charge in [0.15, 0.2) is 0 Å². The zero-order valence-electron chi connectivity index (χ0n) is 10.9. The van der Waals surface area contributed by atoms with E-state index in [0.29, 0.717) is 11.4 Å². The van der Waals surface area contributed by atoms with Gasteiger partial charge in [-0.05, 0) is 12.1 Å². The van der Waals surface area contributed by atoms with Crippen LogP contribution in [0.25, 0.3) is 5.69 Å². The molecule has 2 rings (SSSR count). The lowest BCUT2D eigenvalue weighted by molar-refractivity contribution is 0.415. The van der Waals surface area contributed by atoms with Crippen molar-refractivity contribution in [1.82, 2.24) is 9.13 Å². The molecule has 0 bridgehead atoms. The molecule has 20 heavy (non-hydrogen) atoms. The second-order valence-electron chi connectivity index (χ2n) is 4.10. The molecular weight excluding hydrogens is 284 g/mol. The molecule has 0 fully saturated rings. The molecule has 1 aromatic heterocycles. The molecule has 8 heteroatoms. The molecule has 0 aliphatic rings. The quantitative estimate of drug-likeness (QED) is 0.832. The zero-order chi connectivity index (χ0) is 15.0. The van der Waals surface area contributed by atoms with Crippen LogP contribution in [-0.4, -0.2) is 16.2 Å². The summed E-state index contributed by atoms with van der Waals surface area (Å²) in [6.45, 7) is 0. The summed E-state index contributed by atoms with van der Waals surface area (Å²) in [7, 11) is 2.81. The number of rotatable bonds is 2. The van der Waals surface area contributed by atoms with Crippen molar-refractivity contribution in [3.63, 3.8) is 0 Å². The molecule has 106 valence electrons. The Bertz CT molecular complexity index is 795. The van der Waals surface area contributed by atoms with E-state index < -0.39 is 11.2 Å². The number of nitrogens with two attached hydrogens (primary N) is 2. The molecule has 0 unspecified atom stereocenters. The normalized spacial score (nSPS) is 10.6. The van der Waals surface area contributed by atoms with Crippen LogP contribution in [0.2, 0.25) is 5.02 Å². The van der Waals surface area contributed by atoms with E-state index in [1.54, 1.807) is 12.1 Å². The third kappa shape index (κ3) is 2.01. The number of anilines is 2. The van der Waals surface area contributed by atoms with Crippen LogP contribution in [0, 0.1) is 0 Å². The molecule has 7 nitrogen and oxygen atoms in total. The lowest BCUT2D eigenvalue weighted by Gasteiger charge is -2.14. The van der Waals surface area contributed by atoms with Gasteiger partial charge in [0.2, 0.25) is 0 Å². The predicted octanol–water partition coefficient (Wildman–Crippen LogP) is 0.363. The Hall–Kier alpha value is -2.41. The molecule has 0 saturated carbocycles. The Balaban J connectivity index is 2.84. The molecule has 0 radical (unpaired) electrons. The van der Waals surface area contributed by atoms with Crippen LogP contribution in [0.15, 0.2) is 27.8 Å². The van der Waals surface area contributed by atoms with Crippen LogP contribution < -0.4 is 27.5 Å². The predicted molar refractivity (Wildman–Crippen MR) is 77.7 cm³/mol. The van der Waals surface area contributed by atoms with E-state index >= 15 is 0 Å². The molecule has 0 spiro atoms. The van der Waals surface area contributed by atoms with Gasteiger partial charge in [0.05, 0.1) is 17.8 Å². The van der Waals surface area contributed by atoms with Crippen LogP contribution in [-0.2, 0) is 7.05 Å². The highest BCUT2D eigenvalue weighted by molar-refractivity contribution is 6.32. The number of aromatic nitrogens is 2. The summed E-state index contributed by atoms with van der Waals surface area (Å²) in [5.74, 6) is 0.383. The van der Waals surface area contributed by atoms with Crippen LogP contribution in [0.1, 0.15) is 0 Å². The Morgan fingerprint density at radius 2 is 1.90 bits per heavy atom. The average molecular weight is 297 g/mol. The fourth-order valence-electron chi connectivity index (χ4n) is 1.78. The van der Waals surface area contributed by atoms with Gasteiger partial charge >= 0.3 is 5.69 Å². The molecular formula is C12H13ClN4O3. The Morgan fingerprint density at radius 3 is 2.45 bits per heavy atom. The van der Waals surface area contributed by atoms with E-state index in [9.17, 15) is 9.59 Å². The summed E-state index contributed by atoms with van der Waals surface area (Å²) in [5.41, 5.74) is 10.2. The maximum atomic E-state index is 12.2. The number of nitrogen functional groups attached to an aromatic ring is 2. The maximum absolute atomic E-state index is 12.2. The molecule has 1 heterocycles. The monoisotopic (exact) mass is 296 g/mol. The van der Waals surface area contributed by atoms with Crippen molar-refractivity contribution in [3.8, 4) is 11.4 Å². The fourth-order valence-corrected chi connectivity index (χ4v) is 2.03. The highest BCUT2D eigenvalue weighted by Crippen LogP contribution is 2.26. The lowest BCUT2D eigenvalue weighted by atomic mass is 10.3. The largest absolute Gasteiger partial charge is 0.497 e. The standard InChI is InChI=1S/C12H13ClN4O3/c1-16-11(18)9(14)10(15)17(12(16)19)8-4-3-6(20-2)5-7(8)13/h3-5H,14-15H2,1-2H3. The Morgan fingerprint density at radius 1 is 1.25 bits per heavy atom. The van der Waals surface area contributed by atoms with Gasteiger partial charge in [-0.1, -0.05) is 11.6 Å². The first kappa shape index (κ1) is 14.0. The van der Waals surface area contributed by atoms with Gasteiger partial charge < -0.3 is 16.2 Å². The van der Waals surface area contributed by atoms with Crippen molar-refractivity contribution in [2.24, 2.45) is 7.05 Å². The van der Waals surface area contributed by atoms with E-state index in [1.165, 1.54) is 20.2 Å². The lowest BCUT2D eigenvalue weighted by Crippen LogP contribution is -2.40. The fraction of sp³-hybridized carbons (Fsp3) is 0.167. The molecule has 0 atom stereocenters. The minimum Gasteiger partial charge on any atom is -0.497 e. The average Bonchev–Trinajstić information content (AvgIpc) is 2.44. The third-order valence-corrected chi connectivity index (χ3v) is 3.23. The van der Waals surface area contributed by atoms with Crippen LogP contribution in [0.3, 0.4) is 0 Å². The second kappa shape index (κ2) is 4.93. The topological polar surface area (TPSA) is 105 Å². The van der Waals surface area contributed by atoms with Gasteiger partial charge in [-0.25, -0.2) is 9.36 Å². The summed E-state index contributed by atoms with van der Waals surface area (Å²) in [6.07, 6.45) is 0. The number of halogens is 1. The number of benzene rings is 1. The minimum absolute atomic E-state index is 0.148. The summed E-state index contributed by atoms with van der Waals surface area (Å²) in [6, 6.07) is 4.71. The van der Waals surface area contributed by atoms with Crippen molar-refractivity contribution in [2.75, 3.05) is 18.6 Å². The van der Waals surface area contributed by atoms with Gasteiger partial charge in [0, 0.05) is 13.1 Å². The molecule has 2 aromatic rings. The Kier molecular flexibility index (Phi) is 3.46. The first-order chi connectivity index (χ1) is 9.38.